The van der Waals surface area contributed by atoms with Crippen LogP contribution >= 0.6 is 0 Å². The molecule has 2 aromatic carbocycles. The zero-order valence-electron chi connectivity index (χ0n) is 16.0. The van der Waals surface area contributed by atoms with E-state index in [-0.39, 0.29) is 18.7 Å². The van der Waals surface area contributed by atoms with Gasteiger partial charge in [0.15, 0.2) is 5.76 Å². The van der Waals surface area contributed by atoms with Gasteiger partial charge in [-0.3, -0.25) is 14.5 Å². The molecule has 5 nitrogen and oxygen atoms in total. The van der Waals surface area contributed by atoms with Crippen LogP contribution in [0.5, 0.6) is 5.75 Å². The number of aliphatic hydroxyl groups excluding tert-OH is 1. The fourth-order valence-corrected chi connectivity index (χ4v) is 3.19. The summed E-state index contributed by atoms with van der Waals surface area (Å²) >= 11 is 0. The van der Waals surface area contributed by atoms with Gasteiger partial charge in [-0.15, -0.1) is 0 Å². The minimum atomic E-state index is -0.683. The molecule has 0 aliphatic carbocycles. The predicted octanol–water partition coefficient (Wildman–Crippen LogP) is 3.64. The molecule has 0 fully saturated rings. The third-order valence-corrected chi connectivity index (χ3v) is 4.72. The molecule has 0 radical (unpaired) electrons. The zero-order valence-corrected chi connectivity index (χ0v) is 16.0. The molecular weight excluding hydrogens is 342 g/mol. The van der Waals surface area contributed by atoms with E-state index in [9.17, 15) is 14.7 Å². The quantitative estimate of drug-likeness (QED) is 0.822. The fourth-order valence-electron chi connectivity index (χ4n) is 3.19. The molecule has 0 spiro atoms. The Morgan fingerprint density at radius 2 is 1.56 bits per heavy atom. The summed E-state index contributed by atoms with van der Waals surface area (Å²) in [5.74, 6) is -0.991. The van der Waals surface area contributed by atoms with Crippen molar-refractivity contribution < 1.29 is 19.4 Å². The smallest absolute Gasteiger partial charge is 0.296 e. The summed E-state index contributed by atoms with van der Waals surface area (Å²) in [6.45, 7) is 8.08. The Hall–Kier alpha value is -3.08. The molecule has 1 aliphatic rings. The molecule has 0 aromatic heterocycles. The van der Waals surface area contributed by atoms with E-state index in [0.717, 1.165) is 27.2 Å². The van der Waals surface area contributed by atoms with Crippen molar-refractivity contribution in [2.45, 2.75) is 27.7 Å². The number of aliphatic hydroxyl groups is 1. The fraction of sp³-hybridized carbons (Fsp3) is 0.273. The number of imide groups is 1. The lowest BCUT2D eigenvalue weighted by molar-refractivity contribution is -0.138. The van der Waals surface area contributed by atoms with E-state index in [1.165, 1.54) is 0 Å². The van der Waals surface area contributed by atoms with Crippen molar-refractivity contribution in [3.8, 4) is 5.75 Å². The Morgan fingerprint density at radius 1 is 0.889 bits per heavy atom. The third-order valence-electron chi connectivity index (χ3n) is 4.72. The van der Waals surface area contributed by atoms with Crippen LogP contribution < -0.4 is 4.74 Å². The first-order valence-corrected chi connectivity index (χ1v) is 8.86. The van der Waals surface area contributed by atoms with E-state index in [2.05, 4.69) is 0 Å². The first kappa shape index (κ1) is 18.7. The van der Waals surface area contributed by atoms with Gasteiger partial charge in [0.25, 0.3) is 11.8 Å². The maximum absolute atomic E-state index is 12.7. The molecule has 1 aliphatic heterocycles. The van der Waals surface area contributed by atoms with Gasteiger partial charge in [0.1, 0.15) is 12.4 Å². The molecule has 0 saturated heterocycles. The summed E-state index contributed by atoms with van der Waals surface area (Å²) in [5.41, 5.74) is 4.82. The highest BCUT2D eigenvalue weighted by atomic mass is 16.5. The second-order valence-corrected chi connectivity index (χ2v) is 6.96. The van der Waals surface area contributed by atoms with Gasteiger partial charge in [-0.25, -0.2) is 0 Å². The van der Waals surface area contributed by atoms with E-state index < -0.39 is 17.6 Å². The average Bonchev–Trinajstić information content (AvgIpc) is 2.80. The molecule has 2 aromatic rings. The molecular formula is C22H23NO4. The van der Waals surface area contributed by atoms with Gasteiger partial charge < -0.3 is 9.84 Å². The third kappa shape index (κ3) is 3.72. The van der Waals surface area contributed by atoms with Gasteiger partial charge in [0.2, 0.25) is 0 Å². The summed E-state index contributed by atoms with van der Waals surface area (Å²) < 4.78 is 5.69. The number of nitrogens with zero attached hydrogens (tertiary/aromatic N) is 1. The van der Waals surface area contributed by atoms with Crippen LogP contribution in [0.2, 0.25) is 0 Å². The Morgan fingerprint density at radius 3 is 2.19 bits per heavy atom. The van der Waals surface area contributed by atoms with Crippen molar-refractivity contribution in [3.05, 3.63) is 70.0 Å². The Labute approximate surface area is 158 Å². The summed E-state index contributed by atoms with van der Waals surface area (Å²) in [7, 11) is 0. The number of benzene rings is 2. The van der Waals surface area contributed by atoms with Crippen molar-refractivity contribution in [1.82, 2.24) is 4.90 Å². The number of carbonyl (C=O) groups excluding carboxylic acids is 2. The number of hydrogen-bond donors (Lipinski definition) is 1. The molecule has 0 atom stereocenters. The minimum absolute atomic E-state index is 0.0505. The number of rotatable bonds is 5. The number of amides is 2. The monoisotopic (exact) mass is 365 g/mol. The van der Waals surface area contributed by atoms with Gasteiger partial charge in [0, 0.05) is 0 Å². The molecule has 1 N–H and O–H groups in total. The van der Waals surface area contributed by atoms with Crippen LogP contribution in [-0.2, 0) is 9.59 Å². The Balaban J connectivity index is 1.72. The molecule has 140 valence electrons. The normalized spacial score (nSPS) is 14.3. The first-order chi connectivity index (χ1) is 12.8. The second-order valence-electron chi connectivity index (χ2n) is 6.96. The van der Waals surface area contributed by atoms with Crippen molar-refractivity contribution >= 4 is 17.4 Å². The summed E-state index contributed by atoms with van der Waals surface area (Å²) in [6, 6.07) is 11.3. The van der Waals surface area contributed by atoms with Crippen molar-refractivity contribution in [1.29, 1.82) is 0 Å². The Kier molecular flexibility index (Phi) is 5.04. The van der Waals surface area contributed by atoms with E-state index >= 15 is 0 Å². The summed E-state index contributed by atoms with van der Waals surface area (Å²) in [5, 5.41) is 10.2. The molecule has 5 heteroatoms. The van der Waals surface area contributed by atoms with Gasteiger partial charge in [-0.1, -0.05) is 24.3 Å². The first-order valence-electron chi connectivity index (χ1n) is 8.86. The maximum atomic E-state index is 12.7. The molecule has 1 heterocycles. The van der Waals surface area contributed by atoms with Gasteiger partial charge in [-0.2, -0.15) is 0 Å². The van der Waals surface area contributed by atoms with Gasteiger partial charge >= 0.3 is 0 Å². The van der Waals surface area contributed by atoms with Crippen LogP contribution in [0, 0.1) is 27.7 Å². The van der Waals surface area contributed by atoms with E-state index in [1.54, 1.807) is 6.07 Å². The molecule has 3 rings (SSSR count). The summed E-state index contributed by atoms with van der Waals surface area (Å²) in [4.78, 5) is 26.1. The number of ether oxygens (including phenoxy) is 1. The van der Waals surface area contributed by atoms with E-state index in [4.69, 9.17) is 4.74 Å². The molecule has 0 unspecified atom stereocenters. The second kappa shape index (κ2) is 7.27. The summed E-state index contributed by atoms with van der Waals surface area (Å²) in [6.07, 6.45) is 0. The highest BCUT2D eigenvalue weighted by molar-refractivity contribution is 6.34. The number of carbonyl (C=O) groups is 2. The van der Waals surface area contributed by atoms with Crippen LogP contribution in [0.4, 0.5) is 0 Å². The highest BCUT2D eigenvalue weighted by Crippen LogP contribution is 2.29. The topological polar surface area (TPSA) is 66.8 Å². The van der Waals surface area contributed by atoms with Crippen LogP contribution in [0.3, 0.4) is 0 Å². The van der Waals surface area contributed by atoms with Crippen LogP contribution in [0.25, 0.3) is 5.57 Å². The minimum Gasteiger partial charge on any atom is -0.502 e. The van der Waals surface area contributed by atoms with Gasteiger partial charge in [-0.05, 0) is 67.6 Å². The van der Waals surface area contributed by atoms with Crippen molar-refractivity contribution in [2.24, 2.45) is 0 Å². The lowest BCUT2D eigenvalue weighted by Gasteiger charge is -2.15. The SMILES string of the molecule is Cc1cc(C)cc(OCCN2C(=O)C(O)=C(c3ccc(C)c(C)c3)C2=O)c1. The molecule has 27 heavy (non-hydrogen) atoms. The van der Waals surface area contributed by atoms with Crippen molar-refractivity contribution in [2.75, 3.05) is 13.2 Å². The zero-order chi connectivity index (χ0) is 19.7. The maximum Gasteiger partial charge on any atom is 0.296 e. The largest absolute Gasteiger partial charge is 0.502 e. The van der Waals surface area contributed by atoms with E-state index in [1.807, 2.05) is 58.0 Å². The number of hydrogen-bond acceptors (Lipinski definition) is 4. The average molecular weight is 365 g/mol. The standard InChI is InChI=1S/C22H23NO4/c1-13-9-14(2)11-18(10-13)27-8-7-23-21(25)19(20(24)22(23)26)17-6-5-15(3)16(4)12-17/h5-6,9-12,24H,7-8H2,1-4H3. The highest BCUT2D eigenvalue weighted by Gasteiger charge is 2.39. The molecule has 0 saturated carbocycles. The molecule has 2 amide bonds. The lowest BCUT2D eigenvalue weighted by Crippen LogP contribution is -2.35. The van der Waals surface area contributed by atoms with Crippen molar-refractivity contribution in [3.63, 3.8) is 0 Å². The lowest BCUT2D eigenvalue weighted by atomic mass is 10.0. The van der Waals surface area contributed by atoms with E-state index in [0.29, 0.717) is 11.3 Å². The van der Waals surface area contributed by atoms with Crippen LogP contribution in [0.15, 0.2) is 42.2 Å². The van der Waals surface area contributed by atoms with Crippen LogP contribution in [-0.4, -0.2) is 35.0 Å². The molecule has 0 bridgehead atoms. The van der Waals surface area contributed by atoms with Gasteiger partial charge in [0.05, 0.1) is 12.1 Å². The number of aryl methyl sites for hydroxylation is 4. The van der Waals surface area contributed by atoms with Crippen LogP contribution in [0.1, 0.15) is 27.8 Å². The Bertz CT molecular complexity index is 939. The predicted molar refractivity (Wildman–Crippen MR) is 104 cm³/mol.